The molecule has 1 aliphatic rings. The molecule has 2 aromatic rings. The maximum Gasteiger partial charge on any atom is 0.340 e. The molecule has 0 saturated heterocycles. The highest BCUT2D eigenvalue weighted by Crippen LogP contribution is 2.33. The minimum Gasteiger partial charge on any atom is -0.496 e. The third-order valence-corrected chi connectivity index (χ3v) is 5.78. The van der Waals surface area contributed by atoms with Gasteiger partial charge in [-0.3, -0.25) is 4.79 Å². The smallest absolute Gasteiger partial charge is 0.340 e. The summed E-state index contributed by atoms with van der Waals surface area (Å²) in [6.07, 6.45) is 1.18. The van der Waals surface area contributed by atoms with Gasteiger partial charge < -0.3 is 19.2 Å². The highest BCUT2D eigenvalue weighted by Gasteiger charge is 2.24. The van der Waals surface area contributed by atoms with Crippen LogP contribution in [0.3, 0.4) is 0 Å². The number of hydrogen-bond donors (Lipinski definition) is 1. The van der Waals surface area contributed by atoms with Gasteiger partial charge in [0.1, 0.15) is 17.1 Å². The summed E-state index contributed by atoms with van der Waals surface area (Å²) in [7, 11) is -0.306. The van der Waals surface area contributed by atoms with E-state index < -0.39 is 27.4 Å². The van der Waals surface area contributed by atoms with Crippen molar-refractivity contribution >= 4 is 26.7 Å². The fourth-order valence-corrected chi connectivity index (χ4v) is 4.28. The van der Waals surface area contributed by atoms with Gasteiger partial charge >= 0.3 is 5.63 Å². The second kappa shape index (κ2) is 7.07. The summed E-state index contributed by atoms with van der Waals surface area (Å²) in [5.74, 6) is 0.278. The fraction of sp³-hybridized carbons (Fsp3) is 0.333. The van der Waals surface area contributed by atoms with Gasteiger partial charge in [0, 0.05) is 17.5 Å². The molecule has 0 saturated carbocycles. The summed E-state index contributed by atoms with van der Waals surface area (Å²) in [4.78, 5) is 24.7. The van der Waals surface area contributed by atoms with Crippen molar-refractivity contribution in [2.24, 2.45) is 0 Å². The lowest BCUT2D eigenvalue weighted by molar-refractivity contribution is -0.120. The van der Waals surface area contributed by atoms with E-state index in [0.717, 1.165) is 5.41 Å². The fourth-order valence-electron chi connectivity index (χ4n) is 3.05. The Morgan fingerprint density at radius 3 is 2.63 bits per heavy atom. The van der Waals surface area contributed by atoms with Crippen molar-refractivity contribution in [1.82, 2.24) is 5.32 Å². The number of sulfone groups is 1. The van der Waals surface area contributed by atoms with Gasteiger partial charge in [0.25, 0.3) is 0 Å². The topological polar surface area (TPSA) is 112 Å². The normalized spacial score (nSPS) is 17.8. The van der Waals surface area contributed by atoms with Crippen LogP contribution in [0.2, 0.25) is 0 Å². The second-order valence-corrected chi connectivity index (χ2v) is 8.14. The summed E-state index contributed by atoms with van der Waals surface area (Å²) >= 11 is 0. The summed E-state index contributed by atoms with van der Waals surface area (Å²) in [6, 6.07) is 2.63. The number of methoxy groups -OCH3 is 2. The van der Waals surface area contributed by atoms with E-state index in [0.29, 0.717) is 28.0 Å². The van der Waals surface area contributed by atoms with E-state index in [1.54, 1.807) is 19.1 Å². The number of aryl methyl sites for hydroxylation is 1. The molecule has 1 atom stereocenters. The third kappa shape index (κ3) is 3.82. The van der Waals surface area contributed by atoms with Gasteiger partial charge in [-0.1, -0.05) is 0 Å². The first-order chi connectivity index (χ1) is 12.7. The Morgan fingerprint density at radius 1 is 1.30 bits per heavy atom. The maximum atomic E-state index is 12.4. The molecule has 1 aromatic carbocycles. The molecular weight excluding hydrogens is 374 g/mol. The predicted octanol–water partition coefficient (Wildman–Crippen LogP) is 1.09. The van der Waals surface area contributed by atoms with Crippen molar-refractivity contribution in [3.05, 3.63) is 45.2 Å². The molecule has 2 heterocycles. The van der Waals surface area contributed by atoms with Gasteiger partial charge in [-0.2, -0.15) is 0 Å². The van der Waals surface area contributed by atoms with E-state index in [1.165, 1.54) is 20.3 Å². The molecule has 144 valence electrons. The van der Waals surface area contributed by atoms with Gasteiger partial charge in [-0.05, 0) is 18.6 Å². The van der Waals surface area contributed by atoms with Crippen LogP contribution in [0.1, 0.15) is 11.1 Å². The quantitative estimate of drug-likeness (QED) is 0.757. The first kappa shape index (κ1) is 19.0. The number of nitrogens with one attached hydrogen (secondary N) is 1. The molecule has 1 N–H and O–H groups in total. The number of carbonyl (C=O) groups is 1. The zero-order chi connectivity index (χ0) is 19.8. The Kier molecular flexibility index (Phi) is 4.97. The van der Waals surface area contributed by atoms with Crippen LogP contribution in [0, 0.1) is 6.92 Å². The van der Waals surface area contributed by atoms with E-state index >= 15 is 0 Å². The first-order valence-corrected chi connectivity index (χ1v) is 9.84. The van der Waals surface area contributed by atoms with Crippen molar-refractivity contribution < 1.29 is 27.1 Å². The van der Waals surface area contributed by atoms with Crippen LogP contribution >= 0.6 is 0 Å². The molecule has 0 spiro atoms. The number of hydrogen-bond acceptors (Lipinski definition) is 7. The van der Waals surface area contributed by atoms with Crippen LogP contribution in [0.25, 0.3) is 11.0 Å². The largest absolute Gasteiger partial charge is 0.496 e. The van der Waals surface area contributed by atoms with Crippen LogP contribution in [0.4, 0.5) is 0 Å². The summed E-state index contributed by atoms with van der Waals surface area (Å²) in [5.41, 5.74) is 0.404. The number of fused-ring (bicyclic) bond motifs is 1. The average Bonchev–Trinajstić information content (AvgIpc) is 2.95. The van der Waals surface area contributed by atoms with Crippen molar-refractivity contribution in [2.45, 2.75) is 19.4 Å². The van der Waals surface area contributed by atoms with E-state index in [1.807, 2.05) is 0 Å². The maximum absolute atomic E-state index is 12.4. The molecule has 8 nitrogen and oxygen atoms in total. The summed E-state index contributed by atoms with van der Waals surface area (Å²) in [6.45, 7) is 1.71. The number of rotatable bonds is 5. The Morgan fingerprint density at radius 2 is 2.04 bits per heavy atom. The lowest BCUT2D eigenvalue weighted by atomic mass is 10.0. The molecule has 1 aliphatic heterocycles. The van der Waals surface area contributed by atoms with Gasteiger partial charge in [0.05, 0.1) is 43.4 Å². The standard InChI is InChI=1S/C18H19NO7S/c1-10-13(8-16(20)19-11-4-5-27(22,23)9-11)18(21)26-15-7-12(24-2)6-14(25-3)17(10)15/h4-7,11H,8-9H2,1-3H3,(H,19,20). The number of amides is 1. The molecule has 3 rings (SSSR count). The zero-order valence-electron chi connectivity index (χ0n) is 15.1. The predicted molar refractivity (Wildman–Crippen MR) is 98.9 cm³/mol. The summed E-state index contributed by atoms with van der Waals surface area (Å²) < 4.78 is 38.8. The number of carbonyl (C=O) groups excluding carboxylic acids is 1. The van der Waals surface area contributed by atoms with Crippen LogP contribution in [-0.2, 0) is 21.1 Å². The molecule has 0 fully saturated rings. The zero-order valence-corrected chi connectivity index (χ0v) is 15.9. The SMILES string of the molecule is COc1cc(OC)c2c(C)c(CC(=O)NC3C=CS(=O)(=O)C3)c(=O)oc2c1. The van der Waals surface area contributed by atoms with E-state index in [4.69, 9.17) is 13.9 Å². The van der Waals surface area contributed by atoms with E-state index in [2.05, 4.69) is 5.32 Å². The van der Waals surface area contributed by atoms with Crippen LogP contribution in [-0.4, -0.2) is 40.3 Å². The third-order valence-electron chi connectivity index (χ3n) is 4.39. The Bertz CT molecular complexity index is 1100. The Hall–Kier alpha value is -2.81. The van der Waals surface area contributed by atoms with Crippen LogP contribution in [0.5, 0.6) is 11.5 Å². The lowest BCUT2D eigenvalue weighted by Crippen LogP contribution is -2.37. The second-order valence-electron chi connectivity index (χ2n) is 6.20. The van der Waals surface area contributed by atoms with Crippen molar-refractivity contribution in [2.75, 3.05) is 20.0 Å². The molecule has 27 heavy (non-hydrogen) atoms. The number of benzene rings is 1. The van der Waals surface area contributed by atoms with Gasteiger partial charge in [-0.25, -0.2) is 13.2 Å². The summed E-state index contributed by atoms with van der Waals surface area (Å²) in [5, 5.41) is 4.24. The average molecular weight is 393 g/mol. The van der Waals surface area contributed by atoms with Gasteiger partial charge in [-0.15, -0.1) is 0 Å². The first-order valence-electron chi connectivity index (χ1n) is 8.12. The van der Waals surface area contributed by atoms with Crippen LogP contribution in [0.15, 0.2) is 32.8 Å². The lowest BCUT2D eigenvalue weighted by Gasteiger charge is -2.13. The molecule has 9 heteroatoms. The highest BCUT2D eigenvalue weighted by atomic mass is 32.2. The minimum atomic E-state index is -3.28. The van der Waals surface area contributed by atoms with E-state index in [-0.39, 0.29) is 17.7 Å². The Labute approximate surface area is 155 Å². The minimum absolute atomic E-state index is 0.183. The van der Waals surface area contributed by atoms with Crippen molar-refractivity contribution in [3.63, 3.8) is 0 Å². The molecule has 1 aromatic heterocycles. The molecule has 0 radical (unpaired) electrons. The monoisotopic (exact) mass is 393 g/mol. The Balaban J connectivity index is 1.94. The highest BCUT2D eigenvalue weighted by molar-refractivity contribution is 7.94. The molecule has 0 aliphatic carbocycles. The van der Waals surface area contributed by atoms with E-state index in [9.17, 15) is 18.0 Å². The molecule has 0 bridgehead atoms. The molecule has 1 amide bonds. The van der Waals surface area contributed by atoms with Crippen LogP contribution < -0.4 is 20.4 Å². The van der Waals surface area contributed by atoms with Gasteiger partial charge in [0.15, 0.2) is 9.84 Å². The number of ether oxygens (including phenoxy) is 2. The van der Waals surface area contributed by atoms with Crippen molar-refractivity contribution in [3.8, 4) is 11.5 Å². The molecule has 1 unspecified atom stereocenters. The van der Waals surface area contributed by atoms with Crippen molar-refractivity contribution in [1.29, 1.82) is 0 Å². The molecular formula is C18H19NO7S. The van der Waals surface area contributed by atoms with Gasteiger partial charge in [0.2, 0.25) is 5.91 Å².